The van der Waals surface area contributed by atoms with E-state index in [1.54, 1.807) is 0 Å². The molecule has 1 heterocycles. The van der Waals surface area contributed by atoms with Crippen LogP contribution in [0, 0.1) is 0 Å². The highest BCUT2D eigenvalue weighted by atomic mass is 16.5. The summed E-state index contributed by atoms with van der Waals surface area (Å²) in [6, 6.07) is 8.63. The second-order valence-corrected chi connectivity index (χ2v) is 5.98. The lowest BCUT2D eigenvalue weighted by atomic mass is 9.99. The van der Waals surface area contributed by atoms with Gasteiger partial charge in [0.1, 0.15) is 5.75 Å². The van der Waals surface area contributed by atoms with E-state index in [9.17, 15) is 0 Å². The first kappa shape index (κ1) is 18.0. The van der Waals surface area contributed by atoms with Gasteiger partial charge in [0.15, 0.2) is 0 Å². The van der Waals surface area contributed by atoms with Crippen LogP contribution in [0.5, 0.6) is 5.75 Å². The van der Waals surface area contributed by atoms with E-state index in [4.69, 9.17) is 4.74 Å². The van der Waals surface area contributed by atoms with E-state index in [-0.39, 0.29) is 7.43 Å². The van der Waals surface area contributed by atoms with Gasteiger partial charge in [0.2, 0.25) is 0 Å². The zero-order valence-corrected chi connectivity index (χ0v) is 13.1. The molecular weight excluding hydrogens is 258 g/mol. The van der Waals surface area contributed by atoms with Gasteiger partial charge in [-0.3, -0.25) is 0 Å². The predicted octanol–water partition coefficient (Wildman–Crippen LogP) is 5.09. The molecule has 21 heavy (non-hydrogen) atoms. The lowest BCUT2D eigenvalue weighted by Crippen LogP contribution is -2.31. The van der Waals surface area contributed by atoms with Gasteiger partial charge in [0.25, 0.3) is 0 Å². The van der Waals surface area contributed by atoms with Crippen molar-refractivity contribution in [3.05, 3.63) is 29.8 Å². The van der Waals surface area contributed by atoms with E-state index in [1.807, 2.05) is 0 Å². The Morgan fingerprint density at radius 1 is 1.10 bits per heavy atom. The molecule has 1 aliphatic rings. The summed E-state index contributed by atoms with van der Waals surface area (Å²) >= 11 is 0. The first-order valence-electron chi connectivity index (χ1n) is 8.24. The molecule has 0 amide bonds. The quantitative estimate of drug-likeness (QED) is 0.649. The molecule has 1 saturated heterocycles. The normalized spacial score (nSPS) is 17.0. The minimum absolute atomic E-state index is 0. The maximum atomic E-state index is 5.84. The molecule has 1 aromatic carbocycles. The summed E-state index contributed by atoms with van der Waals surface area (Å²) in [6.45, 7) is 9.08. The van der Waals surface area contributed by atoms with Gasteiger partial charge in [-0.25, -0.2) is 0 Å². The topological polar surface area (TPSA) is 12.5 Å². The van der Waals surface area contributed by atoms with Gasteiger partial charge < -0.3 is 9.64 Å². The van der Waals surface area contributed by atoms with Crippen molar-refractivity contribution < 1.29 is 4.74 Å². The molecule has 1 aromatic rings. The third kappa shape index (κ3) is 6.09. The summed E-state index contributed by atoms with van der Waals surface area (Å²) in [4.78, 5) is 2.57. The Morgan fingerprint density at radius 2 is 1.76 bits per heavy atom. The van der Waals surface area contributed by atoms with Gasteiger partial charge in [-0.15, -0.1) is 0 Å². The van der Waals surface area contributed by atoms with Gasteiger partial charge in [-0.05, 0) is 62.4 Å². The van der Waals surface area contributed by atoms with Crippen LogP contribution < -0.4 is 4.74 Å². The minimum Gasteiger partial charge on any atom is -0.494 e. The third-order valence-electron chi connectivity index (χ3n) is 4.40. The largest absolute Gasteiger partial charge is 0.494 e. The number of benzene rings is 1. The highest BCUT2D eigenvalue weighted by Crippen LogP contribution is 2.21. The predicted molar refractivity (Wildman–Crippen MR) is 92.3 cm³/mol. The molecule has 120 valence electrons. The summed E-state index contributed by atoms with van der Waals surface area (Å²) in [5, 5.41) is 0. The van der Waals surface area contributed by atoms with Gasteiger partial charge in [-0.2, -0.15) is 0 Å². The number of hydrogen-bond donors (Lipinski definition) is 0. The molecule has 2 nitrogen and oxygen atoms in total. The van der Waals surface area contributed by atoms with Gasteiger partial charge in [0.05, 0.1) is 6.61 Å². The molecule has 0 bridgehead atoms. The smallest absolute Gasteiger partial charge is 0.119 e. The van der Waals surface area contributed by atoms with Crippen LogP contribution in [0.1, 0.15) is 64.9 Å². The summed E-state index contributed by atoms with van der Waals surface area (Å²) in [5.41, 5.74) is 1.41. The monoisotopic (exact) mass is 291 g/mol. The molecule has 0 saturated carbocycles. The molecule has 0 radical (unpaired) electrons. The summed E-state index contributed by atoms with van der Waals surface area (Å²) in [7, 11) is 0. The third-order valence-corrected chi connectivity index (χ3v) is 4.40. The van der Waals surface area contributed by atoms with Crippen LogP contribution in [-0.2, 0) is 0 Å². The molecule has 2 rings (SSSR count). The fourth-order valence-corrected chi connectivity index (χ4v) is 2.79. The zero-order valence-electron chi connectivity index (χ0n) is 13.1. The van der Waals surface area contributed by atoms with Crippen LogP contribution in [0.15, 0.2) is 24.3 Å². The molecule has 0 aliphatic carbocycles. The minimum atomic E-state index is 0. The van der Waals surface area contributed by atoms with Crippen molar-refractivity contribution in [3.63, 3.8) is 0 Å². The van der Waals surface area contributed by atoms with Crippen molar-refractivity contribution in [1.82, 2.24) is 4.90 Å². The van der Waals surface area contributed by atoms with E-state index >= 15 is 0 Å². The molecule has 1 unspecified atom stereocenters. The lowest BCUT2D eigenvalue weighted by molar-refractivity contribution is 0.205. The van der Waals surface area contributed by atoms with Crippen molar-refractivity contribution in [2.45, 2.75) is 59.3 Å². The Bertz CT molecular complexity index is 368. The van der Waals surface area contributed by atoms with E-state index in [2.05, 4.69) is 43.0 Å². The number of rotatable bonds is 7. The van der Waals surface area contributed by atoms with Crippen molar-refractivity contribution in [1.29, 1.82) is 0 Å². The lowest BCUT2D eigenvalue weighted by Gasteiger charge is -2.26. The van der Waals surface area contributed by atoms with E-state index < -0.39 is 0 Å². The Morgan fingerprint density at radius 3 is 2.38 bits per heavy atom. The van der Waals surface area contributed by atoms with E-state index in [1.165, 1.54) is 50.9 Å². The maximum Gasteiger partial charge on any atom is 0.119 e. The molecule has 0 aromatic heterocycles. The zero-order chi connectivity index (χ0) is 14.2. The average molecular weight is 291 g/mol. The first-order chi connectivity index (χ1) is 9.79. The molecule has 1 fully saturated rings. The van der Waals surface area contributed by atoms with Gasteiger partial charge in [-0.1, -0.05) is 39.8 Å². The molecule has 1 atom stereocenters. The van der Waals surface area contributed by atoms with Crippen molar-refractivity contribution in [2.24, 2.45) is 0 Å². The van der Waals surface area contributed by atoms with Crippen molar-refractivity contribution in [2.75, 3.05) is 26.2 Å². The Labute approximate surface area is 131 Å². The second kappa shape index (κ2) is 9.83. The number of nitrogens with zero attached hydrogens (tertiary/aromatic N) is 1. The first-order valence-corrected chi connectivity index (χ1v) is 8.24. The van der Waals surface area contributed by atoms with Gasteiger partial charge >= 0.3 is 0 Å². The van der Waals surface area contributed by atoms with Crippen LogP contribution in [0.2, 0.25) is 0 Å². The van der Waals surface area contributed by atoms with Crippen LogP contribution in [0.4, 0.5) is 0 Å². The molecule has 0 N–H and O–H groups in total. The van der Waals surface area contributed by atoms with Crippen LogP contribution in [0.3, 0.4) is 0 Å². The number of piperidine rings is 1. The Kier molecular flexibility index (Phi) is 8.44. The van der Waals surface area contributed by atoms with Crippen LogP contribution in [-0.4, -0.2) is 31.1 Å². The Balaban J connectivity index is 0.00000220. The van der Waals surface area contributed by atoms with Gasteiger partial charge in [0, 0.05) is 6.54 Å². The highest BCUT2D eigenvalue weighted by molar-refractivity contribution is 5.29. The number of hydrogen-bond acceptors (Lipinski definition) is 2. The highest BCUT2D eigenvalue weighted by Gasteiger charge is 2.09. The van der Waals surface area contributed by atoms with E-state index in [0.717, 1.165) is 18.8 Å². The fourth-order valence-electron chi connectivity index (χ4n) is 2.79. The molecule has 2 heteroatoms. The average Bonchev–Trinajstić information content (AvgIpc) is 2.52. The summed E-state index contributed by atoms with van der Waals surface area (Å²) < 4.78 is 5.84. The van der Waals surface area contributed by atoms with Crippen molar-refractivity contribution >= 4 is 0 Å². The summed E-state index contributed by atoms with van der Waals surface area (Å²) in [5.74, 6) is 1.65. The van der Waals surface area contributed by atoms with Crippen LogP contribution in [0.25, 0.3) is 0 Å². The van der Waals surface area contributed by atoms with E-state index in [0.29, 0.717) is 5.92 Å². The number of ether oxygens (including phenoxy) is 1. The second-order valence-electron chi connectivity index (χ2n) is 5.98. The molecular formula is C19H33NO. The number of likely N-dealkylation sites (tertiary alicyclic amines) is 1. The summed E-state index contributed by atoms with van der Waals surface area (Å²) in [6.07, 6.45) is 6.48. The molecule has 1 aliphatic heterocycles. The van der Waals surface area contributed by atoms with Crippen LogP contribution >= 0.6 is 0 Å². The molecule has 0 spiro atoms. The Hall–Kier alpha value is -1.02. The fraction of sp³-hybridized carbons (Fsp3) is 0.684. The standard InChI is InChI=1S/C18H29NO.CH4/c1-3-16(2)17-8-10-18(11-9-17)20-15-7-14-19-12-5-4-6-13-19;/h8-11,16H,3-7,12-15H2,1-2H3;1H4. The van der Waals surface area contributed by atoms with Crippen molar-refractivity contribution in [3.8, 4) is 5.75 Å². The SMILES string of the molecule is C.CCC(C)c1ccc(OCCCN2CCCCC2)cc1. The maximum absolute atomic E-state index is 5.84.